The molecule has 1 aliphatic rings. The summed E-state index contributed by atoms with van der Waals surface area (Å²) in [5.74, 6) is -1.89. The maximum atomic E-state index is 13.8. The van der Waals surface area contributed by atoms with Gasteiger partial charge in [0.1, 0.15) is 11.5 Å². The van der Waals surface area contributed by atoms with Gasteiger partial charge in [0, 0.05) is 17.8 Å². The zero-order chi connectivity index (χ0) is 22.1. The smallest absolute Gasteiger partial charge is 0.282 e. The van der Waals surface area contributed by atoms with Gasteiger partial charge < -0.3 is 5.32 Å². The van der Waals surface area contributed by atoms with Crippen LogP contribution in [0.4, 0.5) is 21.5 Å². The summed E-state index contributed by atoms with van der Waals surface area (Å²) in [6, 6.07) is 17.7. The molecule has 0 unspecified atom stereocenters. The normalized spacial score (nSPS) is 13.7. The molecular weight excluding hydrogens is 401 g/mol. The Morgan fingerprint density at radius 2 is 1.61 bits per heavy atom. The third-order valence-corrected chi connectivity index (χ3v) is 4.84. The molecule has 3 aromatic carbocycles. The number of nitro groups is 1. The fourth-order valence-electron chi connectivity index (χ4n) is 3.29. The highest BCUT2D eigenvalue weighted by Crippen LogP contribution is 2.34. The standard InChI is InChI=1S/C23H16FN3O4/c1-14-5-9-17(10-6-14)25-21-20(15-7-11-18(12-8-15)27(30)31)22(28)26(23(21)29)19-4-2-3-16(24)13-19/h2-13,25H,1H3. The van der Waals surface area contributed by atoms with E-state index in [1.807, 2.05) is 19.1 Å². The summed E-state index contributed by atoms with van der Waals surface area (Å²) in [4.78, 5) is 37.8. The largest absolute Gasteiger partial charge is 0.350 e. The molecule has 31 heavy (non-hydrogen) atoms. The van der Waals surface area contributed by atoms with Crippen molar-refractivity contribution in [1.82, 2.24) is 0 Å². The Bertz CT molecular complexity index is 1230. The lowest BCUT2D eigenvalue weighted by Gasteiger charge is -2.15. The van der Waals surface area contributed by atoms with E-state index >= 15 is 0 Å². The minimum Gasteiger partial charge on any atom is -0.350 e. The first-order chi connectivity index (χ1) is 14.8. The highest BCUT2D eigenvalue weighted by Gasteiger charge is 2.40. The molecule has 0 saturated carbocycles. The molecule has 4 rings (SSSR count). The van der Waals surface area contributed by atoms with Crippen molar-refractivity contribution in [2.24, 2.45) is 0 Å². The molecule has 154 valence electrons. The zero-order valence-electron chi connectivity index (χ0n) is 16.3. The predicted octanol–water partition coefficient (Wildman–Crippen LogP) is 4.44. The first kappa shape index (κ1) is 20.0. The van der Waals surface area contributed by atoms with Gasteiger partial charge >= 0.3 is 0 Å². The number of hydrogen-bond donors (Lipinski definition) is 1. The van der Waals surface area contributed by atoms with Crippen molar-refractivity contribution in [2.45, 2.75) is 6.92 Å². The van der Waals surface area contributed by atoms with Crippen molar-refractivity contribution >= 4 is 34.4 Å². The molecule has 7 nitrogen and oxygen atoms in total. The molecule has 0 spiro atoms. The van der Waals surface area contributed by atoms with Gasteiger partial charge in [-0.1, -0.05) is 23.8 Å². The molecule has 1 aliphatic heterocycles. The Morgan fingerprint density at radius 3 is 2.23 bits per heavy atom. The van der Waals surface area contributed by atoms with E-state index in [1.165, 1.54) is 42.5 Å². The molecule has 0 atom stereocenters. The number of rotatable bonds is 5. The number of benzene rings is 3. The van der Waals surface area contributed by atoms with Crippen LogP contribution in [0.25, 0.3) is 5.57 Å². The fourth-order valence-corrected chi connectivity index (χ4v) is 3.29. The molecule has 0 radical (unpaired) electrons. The summed E-state index contributed by atoms with van der Waals surface area (Å²) in [7, 11) is 0. The Hall–Kier alpha value is -4.33. The number of carbonyl (C=O) groups is 2. The molecule has 0 saturated heterocycles. The van der Waals surface area contributed by atoms with Gasteiger partial charge in [-0.05, 0) is 55.0 Å². The van der Waals surface area contributed by atoms with Crippen LogP contribution in [0.3, 0.4) is 0 Å². The second-order valence-electron chi connectivity index (χ2n) is 6.97. The summed E-state index contributed by atoms with van der Waals surface area (Å²) in [6.45, 7) is 1.92. The van der Waals surface area contributed by atoms with Crippen LogP contribution in [0.1, 0.15) is 11.1 Å². The lowest BCUT2D eigenvalue weighted by molar-refractivity contribution is -0.384. The van der Waals surface area contributed by atoms with Gasteiger partial charge in [-0.3, -0.25) is 19.7 Å². The molecule has 0 bridgehead atoms. The highest BCUT2D eigenvalue weighted by molar-refractivity contribution is 6.46. The Morgan fingerprint density at radius 1 is 0.935 bits per heavy atom. The molecule has 1 N–H and O–H groups in total. The van der Waals surface area contributed by atoms with E-state index in [1.54, 1.807) is 12.1 Å². The lowest BCUT2D eigenvalue weighted by atomic mass is 10.0. The Balaban J connectivity index is 1.82. The number of nitrogens with one attached hydrogen (secondary N) is 1. The Labute approximate surface area is 176 Å². The summed E-state index contributed by atoms with van der Waals surface area (Å²) >= 11 is 0. The third kappa shape index (κ3) is 3.78. The number of nitrogens with zero attached hydrogens (tertiary/aromatic N) is 2. The SMILES string of the molecule is Cc1ccc(NC2=C(c3ccc([N+](=O)[O-])cc3)C(=O)N(c3cccc(F)c3)C2=O)cc1. The van der Waals surface area contributed by atoms with Crippen LogP contribution in [0.5, 0.6) is 0 Å². The minimum absolute atomic E-state index is 0.00645. The first-order valence-electron chi connectivity index (χ1n) is 9.32. The number of nitro benzene ring substituents is 1. The van der Waals surface area contributed by atoms with Crippen LogP contribution in [0, 0.1) is 22.9 Å². The molecule has 2 amide bonds. The monoisotopic (exact) mass is 417 g/mol. The molecular formula is C23H16FN3O4. The summed E-state index contributed by atoms with van der Waals surface area (Å²) in [5.41, 5.74) is 1.94. The number of imide groups is 1. The van der Waals surface area contributed by atoms with Gasteiger partial charge in [-0.2, -0.15) is 0 Å². The van der Waals surface area contributed by atoms with E-state index in [2.05, 4.69) is 5.32 Å². The number of halogens is 1. The van der Waals surface area contributed by atoms with Crippen molar-refractivity contribution in [2.75, 3.05) is 10.2 Å². The average Bonchev–Trinajstić information content (AvgIpc) is 2.99. The van der Waals surface area contributed by atoms with Gasteiger partial charge in [0.05, 0.1) is 16.2 Å². The first-order valence-corrected chi connectivity index (χ1v) is 9.32. The van der Waals surface area contributed by atoms with Crippen LogP contribution >= 0.6 is 0 Å². The van der Waals surface area contributed by atoms with Crippen LogP contribution in [0.2, 0.25) is 0 Å². The number of aryl methyl sites for hydroxylation is 1. The zero-order valence-corrected chi connectivity index (χ0v) is 16.3. The van der Waals surface area contributed by atoms with Crippen molar-refractivity contribution in [3.05, 3.63) is 106 Å². The molecule has 8 heteroatoms. The van der Waals surface area contributed by atoms with Crippen LogP contribution < -0.4 is 10.2 Å². The Kier molecular flexibility index (Phi) is 5.04. The molecule has 0 aromatic heterocycles. The number of hydrogen-bond acceptors (Lipinski definition) is 5. The van der Waals surface area contributed by atoms with E-state index in [0.717, 1.165) is 16.5 Å². The van der Waals surface area contributed by atoms with Crippen molar-refractivity contribution in [3.63, 3.8) is 0 Å². The highest BCUT2D eigenvalue weighted by atomic mass is 19.1. The van der Waals surface area contributed by atoms with E-state index in [0.29, 0.717) is 11.3 Å². The maximum absolute atomic E-state index is 13.8. The topological polar surface area (TPSA) is 92.6 Å². The summed E-state index contributed by atoms with van der Waals surface area (Å²) in [6.07, 6.45) is 0. The quantitative estimate of drug-likeness (QED) is 0.376. The molecule has 0 aliphatic carbocycles. The van der Waals surface area contributed by atoms with Gasteiger partial charge in [0.15, 0.2) is 0 Å². The van der Waals surface area contributed by atoms with E-state index in [9.17, 15) is 24.1 Å². The van der Waals surface area contributed by atoms with Gasteiger partial charge in [0.2, 0.25) is 0 Å². The van der Waals surface area contributed by atoms with Crippen LogP contribution in [-0.4, -0.2) is 16.7 Å². The van der Waals surface area contributed by atoms with Crippen molar-refractivity contribution in [3.8, 4) is 0 Å². The lowest BCUT2D eigenvalue weighted by Crippen LogP contribution is -2.32. The second kappa shape index (κ2) is 7.83. The average molecular weight is 417 g/mol. The van der Waals surface area contributed by atoms with Gasteiger partial charge in [-0.15, -0.1) is 0 Å². The molecule has 0 fully saturated rings. The maximum Gasteiger partial charge on any atom is 0.282 e. The number of carbonyl (C=O) groups excluding carboxylic acids is 2. The van der Waals surface area contributed by atoms with E-state index in [4.69, 9.17) is 0 Å². The van der Waals surface area contributed by atoms with E-state index in [-0.39, 0.29) is 22.6 Å². The number of amides is 2. The van der Waals surface area contributed by atoms with E-state index < -0.39 is 22.6 Å². The van der Waals surface area contributed by atoms with Crippen LogP contribution in [-0.2, 0) is 9.59 Å². The summed E-state index contributed by atoms with van der Waals surface area (Å²) in [5, 5.41) is 14.0. The third-order valence-electron chi connectivity index (χ3n) is 4.84. The minimum atomic E-state index is -0.654. The molecule has 1 heterocycles. The number of anilines is 2. The van der Waals surface area contributed by atoms with Gasteiger partial charge in [-0.25, -0.2) is 9.29 Å². The molecule has 3 aromatic rings. The fraction of sp³-hybridized carbons (Fsp3) is 0.0435. The number of non-ortho nitro benzene ring substituents is 1. The van der Waals surface area contributed by atoms with Gasteiger partial charge in [0.25, 0.3) is 17.5 Å². The van der Waals surface area contributed by atoms with Crippen molar-refractivity contribution in [1.29, 1.82) is 0 Å². The second-order valence-corrected chi connectivity index (χ2v) is 6.97. The summed E-state index contributed by atoms with van der Waals surface area (Å²) < 4.78 is 13.8. The van der Waals surface area contributed by atoms with Crippen LogP contribution in [0.15, 0.2) is 78.5 Å². The van der Waals surface area contributed by atoms with Crippen molar-refractivity contribution < 1.29 is 18.9 Å². The predicted molar refractivity (Wildman–Crippen MR) is 114 cm³/mol.